The van der Waals surface area contributed by atoms with Crippen molar-refractivity contribution in [2.24, 2.45) is 0 Å². The topological polar surface area (TPSA) is 12.9 Å². The van der Waals surface area contributed by atoms with Crippen LogP contribution in [0.5, 0.6) is 0 Å². The number of fused-ring (bicyclic) bond motifs is 3. The minimum atomic E-state index is 1.13. The van der Waals surface area contributed by atoms with E-state index in [1.54, 1.807) is 0 Å². The largest absolute Gasteiger partial charge is 0.256 e. The van der Waals surface area contributed by atoms with E-state index in [1.807, 2.05) is 6.20 Å². The Labute approximate surface area is 146 Å². The lowest BCUT2D eigenvalue weighted by atomic mass is 9.97. The fraction of sp³-hybridized carbons (Fsp3) is 0.435. The Morgan fingerprint density at radius 1 is 0.750 bits per heavy atom. The molecule has 3 aromatic rings. The highest BCUT2D eigenvalue weighted by atomic mass is 14.6. The van der Waals surface area contributed by atoms with Gasteiger partial charge in [0.05, 0.1) is 5.52 Å². The van der Waals surface area contributed by atoms with Crippen molar-refractivity contribution in [3.05, 3.63) is 54.2 Å². The van der Waals surface area contributed by atoms with Crippen LogP contribution in [0.4, 0.5) is 0 Å². The first-order valence-electron chi connectivity index (χ1n) is 9.65. The molecular weight excluding hydrogens is 290 g/mol. The maximum absolute atomic E-state index is 4.66. The molecule has 0 aliphatic carbocycles. The Bertz CT molecular complexity index is 775. The highest BCUT2D eigenvalue weighted by Gasteiger charge is 2.06. The van der Waals surface area contributed by atoms with Gasteiger partial charge in [-0.15, -0.1) is 0 Å². The van der Waals surface area contributed by atoms with Crippen LogP contribution in [0.1, 0.15) is 63.9 Å². The highest BCUT2D eigenvalue weighted by molar-refractivity contribution is 6.07. The van der Waals surface area contributed by atoms with E-state index in [9.17, 15) is 0 Å². The minimum Gasteiger partial charge on any atom is -0.256 e. The summed E-state index contributed by atoms with van der Waals surface area (Å²) >= 11 is 0. The van der Waals surface area contributed by atoms with Crippen LogP contribution < -0.4 is 0 Å². The summed E-state index contributed by atoms with van der Waals surface area (Å²) in [6.07, 6.45) is 14.2. The second-order valence-corrected chi connectivity index (χ2v) is 6.88. The van der Waals surface area contributed by atoms with Gasteiger partial charge in [0.1, 0.15) is 0 Å². The molecule has 3 rings (SSSR count). The van der Waals surface area contributed by atoms with Crippen molar-refractivity contribution >= 4 is 21.7 Å². The van der Waals surface area contributed by atoms with Crippen molar-refractivity contribution in [1.29, 1.82) is 0 Å². The predicted octanol–water partition coefficient (Wildman–Crippen LogP) is 7.07. The molecule has 0 saturated carbocycles. The molecule has 1 aromatic heterocycles. The van der Waals surface area contributed by atoms with Crippen LogP contribution in [0.15, 0.2) is 48.7 Å². The first-order valence-corrected chi connectivity index (χ1v) is 9.65. The number of nitrogens with zero attached hydrogens (tertiary/aromatic N) is 1. The second-order valence-electron chi connectivity index (χ2n) is 6.88. The molecule has 0 aliphatic heterocycles. The fourth-order valence-corrected chi connectivity index (χ4v) is 3.64. The first kappa shape index (κ1) is 17.0. The standard InChI is InChI=1S/C23H29N/c1-2-3-4-5-6-7-8-9-13-19-15-12-17-22-23(19)21-16-11-10-14-20(21)18-24-22/h10-12,14-18H,2-9,13H2,1H3. The average Bonchev–Trinajstić information content (AvgIpc) is 2.63. The van der Waals surface area contributed by atoms with E-state index in [2.05, 4.69) is 54.4 Å². The van der Waals surface area contributed by atoms with E-state index in [-0.39, 0.29) is 0 Å². The highest BCUT2D eigenvalue weighted by Crippen LogP contribution is 2.27. The Kier molecular flexibility index (Phi) is 6.23. The minimum absolute atomic E-state index is 1.13. The zero-order valence-electron chi connectivity index (χ0n) is 14.9. The first-order chi connectivity index (χ1) is 11.9. The SMILES string of the molecule is CCCCCCCCCCc1cccc2ncc3ccccc3c12. The van der Waals surface area contributed by atoms with Crippen LogP contribution in [-0.2, 0) is 6.42 Å². The number of hydrogen-bond acceptors (Lipinski definition) is 1. The number of unbranched alkanes of at least 4 members (excludes halogenated alkanes) is 7. The van der Waals surface area contributed by atoms with Crippen molar-refractivity contribution in [2.45, 2.75) is 64.7 Å². The Hall–Kier alpha value is -1.89. The maximum Gasteiger partial charge on any atom is 0.0711 e. The van der Waals surface area contributed by atoms with E-state index < -0.39 is 0 Å². The number of benzene rings is 2. The van der Waals surface area contributed by atoms with Crippen LogP contribution in [0.25, 0.3) is 21.7 Å². The predicted molar refractivity (Wildman–Crippen MR) is 106 cm³/mol. The van der Waals surface area contributed by atoms with Gasteiger partial charge >= 0.3 is 0 Å². The molecule has 24 heavy (non-hydrogen) atoms. The molecule has 0 unspecified atom stereocenters. The Morgan fingerprint density at radius 2 is 1.50 bits per heavy atom. The summed E-state index contributed by atoms with van der Waals surface area (Å²) in [7, 11) is 0. The molecule has 0 atom stereocenters. The van der Waals surface area contributed by atoms with Gasteiger partial charge in [0.25, 0.3) is 0 Å². The number of pyridine rings is 1. The van der Waals surface area contributed by atoms with Gasteiger partial charge in [-0.3, -0.25) is 4.98 Å². The third kappa shape index (κ3) is 4.14. The maximum atomic E-state index is 4.66. The molecule has 1 heterocycles. The fourth-order valence-electron chi connectivity index (χ4n) is 3.64. The van der Waals surface area contributed by atoms with Crippen LogP contribution in [0, 0.1) is 0 Å². The van der Waals surface area contributed by atoms with Gasteiger partial charge in [-0.2, -0.15) is 0 Å². The molecule has 0 saturated heterocycles. The third-order valence-corrected chi connectivity index (χ3v) is 5.00. The van der Waals surface area contributed by atoms with Crippen LogP contribution in [0.2, 0.25) is 0 Å². The molecule has 0 bridgehead atoms. The van der Waals surface area contributed by atoms with Gasteiger partial charge in [-0.05, 0) is 29.9 Å². The van der Waals surface area contributed by atoms with Crippen molar-refractivity contribution < 1.29 is 0 Å². The van der Waals surface area contributed by atoms with Crippen molar-refractivity contribution in [1.82, 2.24) is 4.98 Å². The van der Waals surface area contributed by atoms with Gasteiger partial charge in [-0.1, -0.05) is 88.3 Å². The third-order valence-electron chi connectivity index (χ3n) is 5.00. The van der Waals surface area contributed by atoms with Crippen molar-refractivity contribution in [3.63, 3.8) is 0 Å². The summed E-state index contributed by atoms with van der Waals surface area (Å²) < 4.78 is 0. The van der Waals surface area contributed by atoms with Gasteiger partial charge in [-0.25, -0.2) is 0 Å². The molecular formula is C23H29N. The number of hydrogen-bond donors (Lipinski definition) is 0. The Morgan fingerprint density at radius 3 is 2.33 bits per heavy atom. The van der Waals surface area contributed by atoms with Crippen LogP contribution in [0.3, 0.4) is 0 Å². The van der Waals surface area contributed by atoms with E-state index in [4.69, 9.17) is 0 Å². The van der Waals surface area contributed by atoms with Crippen LogP contribution >= 0.6 is 0 Å². The van der Waals surface area contributed by atoms with E-state index in [0.717, 1.165) is 5.52 Å². The second kappa shape index (κ2) is 8.82. The van der Waals surface area contributed by atoms with Crippen molar-refractivity contribution in [2.75, 3.05) is 0 Å². The average molecular weight is 319 g/mol. The smallest absolute Gasteiger partial charge is 0.0711 e. The van der Waals surface area contributed by atoms with E-state index in [0.29, 0.717) is 0 Å². The molecule has 0 spiro atoms. The van der Waals surface area contributed by atoms with Crippen molar-refractivity contribution in [3.8, 4) is 0 Å². The van der Waals surface area contributed by atoms with Gasteiger partial charge in [0.15, 0.2) is 0 Å². The molecule has 0 N–H and O–H groups in total. The van der Waals surface area contributed by atoms with E-state index >= 15 is 0 Å². The zero-order valence-corrected chi connectivity index (χ0v) is 14.9. The molecule has 1 nitrogen and oxygen atoms in total. The molecule has 0 radical (unpaired) electrons. The monoisotopic (exact) mass is 319 g/mol. The normalized spacial score (nSPS) is 11.4. The molecule has 0 fully saturated rings. The summed E-state index contributed by atoms with van der Waals surface area (Å²) in [5, 5.41) is 3.95. The summed E-state index contributed by atoms with van der Waals surface area (Å²) in [4.78, 5) is 4.66. The van der Waals surface area contributed by atoms with E-state index in [1.165, 1.54) is 79.5 Å². The lowest BCUT2D eigenvalue weighted by Gasteiger charge is -2.09. The number of rotatable bonds is 9. The molecule has 0 aliphatic rings. The summed E-state index contributed by atoms with van der Waals surface area (Å²) in [5.74, 6) is 0. The number of aryl methyl sites for hydroxylation is 1. The summed E-state index contributed by atoms with van der Waals surface area (Å²) in [6, 6.07) is 15.2. The summed E-state index contributed by atoms with van der Waals surface area (Å²) in [6.45, 7) is 2.28. The number of aromatic nitrogens is 1. The van der Waals surface area contributed by atoms with Crippen LogP contribution in [-0.4, -0.2) is 4.98 Å². The lowest BCUT2D eigenvalue weighted by molar-refractivity contribution is 0.576. The molecule has 0 amide bonds. The van der Waals surface area contributed by atoms with Gasteiger partial charge in [0.2, 0.25) is 0 Å². The zero-order chi connectivity index (χ0) is 16.6. The molecule has 1 heteroatoms. The van der Waals surface area contributed by atoms with Gasteiger partial charge < -0.3 is 0 Å². The lowest BCUT2D eigenvalue weighted by Crippen LogP contribution is -1.91. The van der Waals surface area contributed by atoms with Gasteiger partial charge in [0, 0.05) is 17.0 Å². The summed E-state index contributed by atoms with van der Waals surface area (Å²) in [5.41, 5.74) is 2.59. The quantitative estimate of drug-likeness (QED) is 0.303. The molecule has 126 valence electrons. The Balaban J connectivity index is 1.63. The molecule has 2 aromatic carbocycles.